The first-order chi connectivity index (χ1) is 18.1. The molecule has 3 rings (SSSR count). The fourth-order valence-electron chi connectivity index (χ4n) is 4.82. The van der Waals surface area contributed by atoms with Gasteiger partial charge in [0.25, 0.3) is 5.91 Å². The second-order valence-electron chi connectivity index (χ2n) is 10.1. The van der Waals surface area contributed by atoms with Crippen molar-refractivity contribution in [2.24, 2.45) is 5.92 Å². The molecule has 13 heteroatoms. The number of halogens is 3. The Labute approximate surface area is 225 Å². The van der Waals surface area contributed by atoms with Crippen molar-refractivity contribution in [3.8, 4) is 23.1 Å². The minimum Gasteiger partial charge on any atom is -0.496 e. The molecule has 1 aromatic carbocycles. The van der Waals surface area contributed by atoms with Crippen molar-refractivity contribution >= 4 is 15.7 Å². The van der Waals surface area contributed by atoms with Crippen LogP contribution in [0.15, 0.2) is 18.2 Å². The third-order valence-electron chi connectivity index (χ3n) is 7.25. The number of carbonyl (C=O) groups excluding carboxylic acids is 1. The Bertz CT molecular complexity index is 1360. The maximum Gasteiger partial charge on any atom is 0.391 e. The van der Waals surface area contributed by atoms with Crippen LogP contribution in [0.4, 0.5) is 13.2 Å². The van der Waals surface area contributed by atoms with E-state index in [9.17, 15) is 36.8 Å². The molecule has 0 aliphatic heterocycles. The van der Waals surface area contributed by atoms with Crippen molar-refractivity contribution in [2.45, 2.75) is 69.5 Å². The molecule has 214 valence electrons. The number of methoxy groups -OCH3 is 1. The van der Waals surface area contributed by atoms with Crippen LogP contribution >= 0.6 is 0 Å². The fourth-order valence-corrected chi connectivity index (χ4v) is 5.91. The minimum absolute atomic E-state index is 0.0446. The van der Waals surface area contributed by atoms with E-state index in [4.69, 9.17) is 4.74 Å². The molecule has 1 atom stereocenters. The van der Waals surface area contributed by atoms with E-state index in [1.165, 1.54) is 30.2 Å². The number of rotatable bonds is 9. The topological polar surface area (TPSA) is 134 Å². The van der Waals surface area contributed by atoms with Crippen LogP contribution in [-0.4, -0.2) is 66.1 Å². The van der Waals surface area contributed by atoms with Gasteiger partial charge in [0, 0.05) is 24.9 Å². The summed E-state index contributed by atoms with van der Waals surface area (Å²) in [6, 6.07) is 6.56. The van der Waals surface area contributed by atoms with Crippen LogP contribution in [0.25, 0.3) is 11.3 Å². The van der Waals surface area contributed by atoms with E-state index in [2.05, 4.69) is 10.4 Å². The molecule has 2 aromatic rings. The Balaban J connectivity index is 1.86. The molecule has 0 saturated heterocycles. The van der Waals surface area contributed by atoms with Gasteiger partial charge in [0.1, 0.15) is 27.2 Å². The van der Waals surface area contributed by atoms with Gasteiger partial charge in [-0.1, -0.05) is 13.0 Å². The number of alkyl halides is 3. The van der Waals surface area contributed by atoms with Crippen LogP contribution in [0.5, 0.6) is 5.75 Å². The van der Waals surface area contributed by atoms with Gasteiger partial charge in [-0.05, 0) is 56.7 Å². The lowest BCUT2D eigenvalue weighted by Gasteiger charge is -2.35. The van der Waals surface area contributed by atoms with E-state index in [1.54, 1.807) is 13.0 Å². The highest BCUT2D eigenvalue weighted by molar-refractivity contribution is 7.91. The molecule has 0 radical (unpaired) electrons. The number of aryl methyl sites for hydroxylation is 1. The van der Waals surface area contributed by atoms with Gasteiger partial charge in [-0.3, -0.25) is 9.48 Å². The number of amides is 1. The van der Waals surface area contributed by atoms with Crippen molar-refractivity contribution in [1.82, 2.24) is 15.1 Å². The van der Waals surface area contributed by atoms with Crippen molar-refractivity contribution in [1.29, 1.82) is 5.26 Å². The molecule has 1 amide bonds. The summed E-state index contributed by atoms with van der Waals surface area (Å²) in [4.78, 5) is 13.1. The van der Waals surface area contributed by atoms with E-state index < -0.39 is 38.7 Å². The zero-order valence-electron chi connectivity index (χ0n) is 22.3. The summed E-state index contributed by atoms with van der Waals surface area (Å²) in [7, 11) is -1.86. The summed E-state index contributed by atoms with van der Waals surface area (Å²) in [5, 5.41) is 27.2. The van der Waals surface area contributed by atoms with Crippen LogP contribution in [-0.2, 0) is 22.8 Å². The van der Waals surface area contributed by atoms with Crippen LogP contribution in [0.1, 0.15) is 61.1 Å². The Hall–Kier alpha value is -3.11. The maximum atomic E-state index is 13.1. The number of aliphatic hydroxyl groups is 1. The number of nitrogens with zero attached hydrogens (tertiary/aromatic N) is 3. The summed E-state index contributed by atoms with van der Waals surface area (Å²) < 4.78 is 69.6. The highest BCUT2D eigenvalue weighted by Crippen LogP contribution is 2.37. The van der Waals surface area contributed by atoms with Gasteiger partial charge in [0.05, 0.1) is 29.6 Å². The Morgan fingerprint density at radius 1 is 1.36 bits per heavy atom. The van der Waals surface area contributed by atoms with Gasteiger partial charge >= 0.3 is 6.18 Å². The van der Waals surface area contributed by atoms with Gasteiger partial charge < -0.3 is 15.2 Å². The average Bonchev–Trinajstić information content (AvgIpc) is 3.25. The quantitative estimate of drug-likeness (QED) is 0.470. The highest BCUT2D eigenvalue weighted by Gasteiger charge is 2.38. The number of hydrogen-bond acceptors (Lipinski definition) is 7. The Kier molecular flexibility index (Phi) is 9.02. The monoisotopic (exact) mass is 570 g/mol. The molecular formula is C26H33F3N4O5S. The summed E-state index contributed by atoms with van der Waals surface area (Å²) in [5.74, 6) is -2.01. The van der Waals surface area contributed by atoms with Gasteiger partial charge in [-0.2, -0.15) is 23.5 Å². The van der Waals surface area contributed by atoms with E-state index in [0.717, 1.165) is 6.92 Å². The predicted molar refractivity (Wildman–Crippen MR) is 138 cm³/mol. The Morgan fingerprint density at radius 3 is 2.51 bits per heavy atom. The maximum absolute atomic E-state index is 13.1. The zero-order valence-corrected chi connectivity index (χ0v) is 23.1. The Morgan fingerprint density at radius 2 is 2.00 bits per heavy atom. The summed E-state index contributed by atoms with van der Waals surface area (Å²) >= 11 is 0. The van der Waals surface area contributed by atoms with Crippen LogP contribution in [0, 0.1) is 17.2 Å². The number of ether oxygens (including phenoxy) is 1. The highest BCUT2D eigenvalue weighted by atomic mass is 32.2. The third kappa shape index (κ3) is 6.91. The number of nitriles is 1. The van der Waals surface area contributed by atoms with Crippen molar-refractivity contribution < 1.29 is 36.2 Å². The van der Waals surface area contributed by atoms with Gasteiger partial charge in [0.15, 0.2) is 5.69 Å². The lowest BCUT2D eigenvalue weighted by Crippen LogP contribution is -2.47. The van der Waals surface area contributed by atoms with E-state index in [1.807, 2.05) is 6.07 Å². The van der Waals surface area contributed by atoms with Gasteiger partial charge in [-0.25, -0.2) is 8.42 Å². The average molecular weight is 571 g/mol. The van der Waals surface area contributed by atoms with Crippen molar-refractivity contribution in [2.75, 3.05) is 19.9 Å². The van der Waals surface area contributed by atoms with Crippen LogP contribution in [0.3, 0.4) is 0 Å². The van der Waals surface area contributed by atoms with Gasteiger partial charge in [-0.15, -0.1) is 0 Å². The first kappa shape index (κ1) is 30.4. The van der Waals surface area contributed by atoms with Crippen LogP contribution < -0.4 is 10.1 Å². The standard InChI is InChI=1S/C26H33F3N4O5S/c1-5-33-23(19-7-6-17(13-21(19)38-3)12-16(2)26(27,28)29)20(14-30)22(32-33)24(34)31-15-25(35)10-8-18(9-11-25)39(4,36)37/h6-7,13,16,18,35H,5,8-12,15H2,1-4H3,(H,31,34)/t16?,18-,25+. The van der Waals surface area contributed by atoms with Crippen LogP contribution in [0.2, 0.25) is 0 Å². The lowest BCUT2D eigenvalue weighted by atomic mass is 9.84. The number of aromatic nitrogens is 2. The van der Waals surface area contributed by atoms with E-state index >= 15 is 0 Å². The molecule has 1 unspecified atom stereocenters. The minimum atomic E-state index is -4.34. The molecule has 39 heavy (non-hydrogen) atoms. The molecule has 0 spiro atoms. The first-order valence-corrected chi connectivity index (χ1v) is 14.5. The molecule has 1 aliphatic rings. The molecule has 9 nitrogen and oxygen atoms in total. The SMILES string of the molecule is CCn1nc(C(=O)NC[C@]2(O)CC[C@@H](S(C)(=O)=O)CC2)c(C#N)c1-c1ccc(CC(C)C(F)(F)F)cc1OC. The number of hydrogen-bond donors (Lipinski definition) is 2. The molecule has 2 N–H and O–H groups in total. The number of sulfone groups is 1. The van der Waals surface area contributed by atoms with Gasteiger partial charge in [0.2, 0.25) is 0 Å². The molecule has 1 saturated carbocycles. The molecule has 1 aliphatic carbocycles. The number of carbonyl (C=O) groups is 1. The smallest absolute Gasteiger partial charge is 0.391 e. The van der Waals surface area contributed by atoms with E-state index in [-0.39, 0.29) is 67.9 Å². The number of benzene rings is 1. The second-order valence-corrected chi connectivity index (χ2v) is 12.4. The van der Waals surface area contributed by atoms with E-state index in [0.29, 0.717) is 11.1 Å². The normalized spacial score (nSPS) is 20.7. The predicted octanol–water partition coefficient (Wildman–Crippen LogP) is 3.64. The van der Waals surface area contributed by atoms with Crippen molar-refractivity contribution in [3.63, 3.8) is 0 Å². The molecule has 0 bridgehead atoms. The lowest BCUT2D eigenvalue weighted by molar-refractivity contribution is -0.169. The molecule has 1 fully saturated rings. The first-order valence-electron chi connectivity index (χ1n) is 12.6. The second kappa shape index (κ2) is 11.6. The molecular weight excluding hydrogens is 537 g/mol. The molecule has 1 aromatic heterocycles. The summed E-state index contributed by atoms with van der Waals surface area (Å²) in [6.45, 7) is 2.99. The zero-order chi connectivity index (χ0) is 29.2. The number of nitrogens with one attached hydrogen (secondary N) is 1. The van der Waals surface area contributed by atoms with Crippen molar-refractivity contribution in [3.05, 3.63) is 35.0 Å². The fraction of sp³-hybridized carbons (Fsp3) is 0.577. The third-order valence-corrected chi connectivity index (χ3v) is 8.93. The largest absolute Gasteiger partial charge is 0.496 e. The molecule has 1 heterocycles. The summed E-state index contributed by atoms with van der Waals surface area (Å²) in [5.41, 5.74) is -0.421. The summed E-state index contributed by atoms with van der Waals surface area (Å²) in [6.07, 6.45) is -2.48.